The van der Waals surface area contributed by atoms with Crippen LogP contribution in [0, 0.1) is 0 Å². The molecule has 0 aromatic carbocycles. The number of nitrogens with one attached hydrogen (secondary N) is 1. The number of nitrogens with zero attached hydrogens (tertiary/aromatic N) is 3. The lowest BCUT2D eigenvalue weighted by Crippen LogP contribution is -2.72. The van der Waals surface area contributed by atoms with Gasteiger partial charge >= 0.3 is 23.9 Å². The zero-order valence-electron chi connectivity index (χ0n) is 19.9. The Balaban J connectivity index is 3.80. The molecule has 1 rings (SSSR count). The summed E-state index contributed by atoms with van der Waals surface area (Å²) in [6.07, 6.45) is -4.61. The predicted molar refractivity (Wildman–Crippen MR) is 118 cm³/mol. The summed E-state index contributed by atoms with van der Waals surface area (Å²) in [6, 6.07) is -2.55. The molecule has 0 radical (unpaired) electrons. The van der Waals surface area contributed by atoms with Gasteiger partial charge in [-0.3, -0.25) is 19.2 Å². The summed E-state index contributed by atoms with van der Waals surface area (Å²) < 4.78 is 31.7. The van der Waals surface area contributed by atoms with Crippen LogP contribution in [-0.4, -0.2) is 91.6 Å². The highest BCUT2D eigenvalue weighted by atomic mass is 79.9. The van der Waals surface area contributed by atoms with E-state index in [0.717, 1.165) is 41.9 Å². The van der Waals surface area contributed by atoms with E-state index >= 15 is 0 Å². The van der Waals surface area contributed by atoms with Crippen molar-refractivity contribution in [3.63, 3.8) is 0 Å². The Morgan fingerprint density at radius 2 is 1.69 bits per heavy atom. The van der Waals surface area contributed by atoms with Crippen LogP contribution in [0.1, 0.15) is 27.7 Å². The van der Waals surface area contributed by atoms with Crippen LogP contribution in [-0.2, 0) is 52.4 Å². The molecule has 0 spiro atoms. The molecule has 1 aliphatic rings. The van der Waals surface area contributed by atoms with E-state index < -0.39 is 77.4 Å². The third-order valence-electron chi connectivity index (χ3n) is 4.78. The molecular weight excluding hydrogens is 540 g/mol. The van der Waals surface area contributed by atoms with Crippen molar-refractivity contribution in [1.82, 2.24) is 5.32 Å². The summed E-state index contributed by atoms with van der Waals surface area (Å²) in [4.78, 5) is 61.6. The van der Waals surface area contributed by atoms with Gasteiger partial charge in [0.25, 0.3) is 5.79 Å². The second kappa shape index (κ2) is 13.2. The van der Waals surface area contributed by atoms with Crippen molar-refractivity contribution in [3.05, 3.63) is 10.4 Å². The van der Waals surface area contributed by atoms with Gasteiger partial charge in [-0.2, -0.15) is 0 Å². The van der Waals surface area contributed by atoms with Crippen molar-refractivity contribution in [2.24, 2.45) is 5.11 Å². The highest BCUT2D eigenvalue weighted by molar-refractivity contribution is 9.09. The molecule has 0 aromatic rings. The summed E-state index contributed by atoms with van der Waals surface area (Å²) in [5, 5.41) is 6.22. The standard InChI is InChI=1S/C19H27BrN4O11/c1-8(25)22-13-14(23-24-21)17(20)19(31-6,18(29)30-5)35-16(13)15(34-11(4)28)12(33-10(3)27)7-32-9(2)26/h12-17H,7H2,1-6H3,(H,22,25)/t12-,13-,14-,15-,16-,17-,19+/m1/s1. The summed E-state index contributed by atoms with van der Waals surface area (Å²) in [5.74, 6) is -6.37. The maximum absolute atomic E-state index is 12.8. The van der Waals surface area contributed by atoms with Crippen LogP contribution in [0.15, 0.2) is 5.11 Å². The molecule has 1 amide bonds. The maximum Gasteiger partial charge on any atom is 0.367 e. The molecule has 1 heterocycles. The number of rotatable bonds is 10. The zero-order valence-corrected chi connectivity index (χ0v) is 21.5. The molecule has 0 unspecified atom stereocenters. The van der Waals surface area contributed by atoms with Gasteiger partial charge in [-0.15, -0.1) is 0 Å². The molecule has 16 heteroatoms. The molecule has 35 heavy (non-hydrogen) atoms. The molecule has 0 saturated carbocycles. The lowest BCUT2D eigenvalue weighted by Gasteiger charge is -2.50. The van der Waals surface area contributed by atoms with E-state index in [4.69, 9.17) is 28.4 Å². The Labute approximate surface area is 208 Å². The topological polar surface area (TPSA) is 202 Å². The monoisotopic (exact) mass is 566 g/mol. The fraction of sp³-hybridized carbons (Fsp3) is 0.737. The number of halogens is 1. The molecule has 0 aromatic heterocycles. The first-order valence-electron chi connectivity index (χ1n) is 10.1. The van der Waals surface area contributed by atoms with Gasteiger partial charge in [-0.25, -0.2) is 4.79 Å². The number of hydrogen-bond acceptors (Lipinski definition) is 12. The first kappa shape index (κ1) is 30.1. The molecule has 7 atom stereocenters. The van der Waals surface area contributed by atoms with E-state index in [0.29, 0.717) is 0 Å². The predicted octanol–water partition coefficient (Wildman–Crippen LogP) is 0.275. The van der Waals surface area contributed by atoms with Crippen molar-refractivity contribution in [3.8, 4) is 0 Å². The maximum atomic E-state index is 12.8. The Morgan fingerprint density at radius 1 is 1.09 bits per heavy atom. The number of esters is 4. The summed E-state index contributed by atoms with van der Waals surface area (Å²) >= 11 is 3.24. The zero-order chi connectivity index (χ0) is 26.9. The molecule has 15 nitrogen and oxygen atoms in total. The number of carbonyl (C=O) groups excluding carboxylic acids is 5. The number of amides is 1. The minimum atomic E-state index is -2.27. The van der Waals surface area contributed by atoms with Crippen LogP contribution < -0.4 is 5.32 Å². The van der Waals surface area contributed by atoms with E-state index in [1.165, 1.54) is 0 Å². The fourth-order valence-electron chi connectivity index (χ4n) is 3.51. The lowest BCUT2D eigenvalue weighted by molar-refractivity contribution is -0.291. The third-order valence-corrected chi connectivity index (χ3v) is 5.93. The number of carbonyl (C=O) groups is 5. The molecular formula is C19H27BrN4O11. The average Bonchev–Trinajstić information content (AvgIpc) is 2.77. The molecule has 196 valence electrons. The second-order valence-corrected chi connectivity index (χ2v) is 8.28. The summed E-state index contributed by atoms with van der Waals surface area (Å²) in [7, 11) is 2.16. The Kier molecular flexibility index (Phi) is 11.4. The SMILES string of the molecule is COC(=O)[C@@]1(OC)O[C@@H]([C@H](OC(C)=O)[C@@H](COC(C)=O)OC(C)=O)[C@H](NC(C)=O)[C@@H](N=[N+]=[N-])[C@H]1Br. The molecule has 1 aliphatic heterocycles. The van der Waals surface area contributed by atoms with Gasteiger partial charge in [-0.05, 0) is 5.53 Å². The van der Waals surface area contributed by atoms with Crippen LogP contribution in [0.3, 0.4) is 0 Å². The van der Waals surface area contributed by atoms with Crippen LogP contribution in [0.5, 0.6) is 0 Å². The highest BCUT2D eigenvalue weighted by Gasteiger charge is 2.62. The van der Waals surface area contributed by atoms with Crippen molar-refractivity contribution in [2.75, 3.05) is 20.8 Å². The van der Waals surface area contributed by atoms with Crippen molar-refractivity contribution in [2.45, 2.75) is 68.7 Å². The van der Waals surface area contributed by atoms with E-state index in [1.807, 2.05) is 0 Å². The van der Waals surface area contributed by atoms with Gasteiger partial charge in [-0.1, -0.05) is 21.0 Å². The van der Waals surface area contributed by atoms with Gasteiger partial charge in [0.1, 0.15) is 12.7 Å². The first-order chi connectivity index (χ1) is 16.3. The first-order valence-corrected chi connectivity index (χ1v) is 11.0. The van der Waals surface area contributed by atoms with Crippen LogP contribution >= 0.6 is 15.9 Å². The number of methoxy groups -OCH3 is 2. The van der Waals surface area contributed by atoms with Gasteiger partial charge in [0.2, 0.25) is 5.91 Å². The summed E-state index contributed by atoms with van der Waals surface area (Å²) in [5.41, 5.74) is 9.19. The normalized spacial score (nSPS) is 27.3. The van der Waals surface area contributed by atoms with Crippen LogP contribution in [0.4, 0.5) is 0 Å². The van der Waals surface area contributed by atoms with Gasteiger partial charge in [0.15, 0.2) is 12.2 Å². The Hall–Kier alpha value is -2.94. The summed E-state index contributed by atoms with van der Waals surface area (Å²) in [6.45, 7) is 3.78. The number of azide groups is 1. The largest absolute Gasteiger partial charge is 0.465 e. The second-order valence-electron chi connectivity index (χ2n) is 7.29. The molecule has 1 saturated heterocycles. The van der Waals surface area contributed by atoms with E-state index in [2.05, 4.69) is 31.3 Å². The fourth-order valence-corrected chi connectivity index (χ4v) is 4.42. The van der Waals surface area contributed by atoms with E-state index in [9.17, 15) is 29.5 Å². The average molecular weight is 567 g/mol. The Morgan fingerprint density at radius 3 is 2.11 bits per heavy atom. The van der Waals surface area contributed by atoms with Gasteiger partial charge < -0.3 is 33.7 Å². The van der Waals surface area contributed by atoms with Crippen LogP contribution in [0.25, 0.3) is 10.4 Å². The quantitative estimate of drug-likeness (QED) is 0.0948. The van der Waals surface area contributed by atoms with E-state index in [1.54, 1.807) is 0 Å². The van der Waals surface area contributed by atoms with Crippen molar-refractivity contribution < 1.29 is 52.4 Å². The molecule has 0 bridgehead atoms. The van der Waals surface area contributed by atoms with Crippen molar-refractivity contribution in [1.29, 1.82) is 0 Å². The molecule has 1 N–H and O–H groups in total. The van der Waals surface area contributed by atoms with E-state index in [-0.39, 0.29) is 0 Å². The van der Waals surface area contributed by atoms with Crippen LogP contribution in [0.2, 0.25) is 0 Å². The minimum Gasteiger partial charge on any atom is -0.465 e. The minimum absolute atomic E-state index is 0.582. The Bertz CT molecular complexity index is 881. The number of hydrogen-bond donors (Lipinski definition) is 1. The molecule has 0 aliphatic carbocycles. The highest BCUT2D eigenvalue weighted by Crippen LogP contribution is 2.40. The number of alkyl halides is 1. The smallest absolute Gasteiger partial charge is 0.367 e. The van der Waals surface area contributed by atoms with Gasteiger partial charge in [0, 0.05) is 39.7 Å². The third kappa shape index (κ3) is 7.52. The lowest BCUT2D eigenvalue weighted by atomic mass is 9.86. The van der Waals surface area contributed by atoms with Crippen molar-refractivity contribution >= 4 is 45.7 Å². The molecule has 1 fully saturated rings. The van der Waals surface area contributed by atoms with Gasteiger partial charge in [0.05, 0.1) is 24.0 Å². The number of ether oxygens (including phenoxy) is 6.